The summed E-state index contributed by atoms with van der Waals surface area (Å²) in [5.41, 5.74) is 0.399. The maximum absolute atomic E-state index is 8.66. The lowest BCUT2D eigenvalue weighted by Crippen LogP contribution is -2.23. The highest BCUT2D eigenvalue weighted by molar-refractivity contribution is 7.12. The van der Waals surface area contributed by atoms with Crippen LogP contribution in [0.3, 0.4) is 0 Å². The molecule has 0 aromatic carbocycles. The van der Waals surface area contributed by atoms with Gasteiger partial charge in [-0.3, -0.25) is 0 Å². The first-order chi connectivity index (χ1) is 6.87. The van der Waals surface area contributed by atoms with E-state index in [1.165, 1.54) is 0 Å². The highest BCUT2D eigenvalue weighted by Gasteiger charge is 2.46. The molecule has 0 N–H and O–H groups in total. The Kier molecular flexibility index (Phi) is 2.14. The molecule has 0 unspecified atom stereocenters. The molecule has 0 bridgehead atoms. The third-order valence-corrected chi connectivity index (χ3v) is 3.89. The molecule has 4 heteroatoms. The van der Waals surface area contributed by atoms with E-state index < -0.39 is 0 Å². The molecule has 0 amide bonds. The highest BCUT2D eigenvalue weighted by atomic mass is 32.1. The van der Waals surface area contributed by atoms with Crippen LogP contribution in [0, 0.1) is 11.3 Å². The Bertz CT molecular complexity index is 408. The minimum absolute atomic E-state index is 0.274. The molecule has 2 rings (SSSR count). The van der Waals surface area contributed by atoms with E-state index >= 15 is 0 Å². The second kappa shape index (κ2) is 3.03. The molecule has 3 nitrogen and oxygen atoms in total. The summed E-state index contributed by atoms with van der Waals surface area (Å²) in [6.07, 6.45) is 0.393. The third kappa shape index (κ3) is 1.56. The van der Waals surface area contributed by atoms with Gasteiger partial charge in [-0.2, -0.15) is 5.26 Å². The van der Waals surface area contributed by atoms with Crippen LogP contribution in [-0.4, -0.2) is 4.98 Å². The van der Waals surface area contributed by atoms with Crippen LogP contribution in [0.15, 0.2) is 0 Å². The molecular formula is C11H14N2OS. The first-order valence-corrected chi connectivity index (χ1v) is 5.76. The van der Waals surface area contributed by atoms with Crippen LogP contribution in [0.2, 0.25) is 0 Å². The van der Waals surface area contributed by atoms with E-state index in [-0.39, 0.29) is 11.2 Å². The molecule has 0 spiro atoms. The fourth-order valence-electron chi connectivity index (χ4n) is 2.06. The van der Waals surface area contributed by atoms with Crippen molar-refractivity contribution in [2.45, 2.75) is 45.3 Å². The molecule has 1 aliphatic heterocycles. The summed E-state index contributed by atoms with van der Waals surface area (Å²) in [5, 5.41) is 9.55. The van der Waals surface area contributed by atoms with Gasteiger partial charge in [-0.25, -0.2) is 4.98 Å². The molecule has 1 aromatic rings. The van der Waals surface area contributed by atoms with Gasteiger partial charge in [0, 0.05) is 0 Å². The number of hydrogen-bond acceptors (Lipinski definition) is 4. The van der Waals surface area contributed by atoms with E-state index in [1.807, 2.05) is 13.8 Å². The topological polar surface area (TPSA) is 45.9 Å². The fourth-order valence-corrected chi connectivity index (χ4v) is 3.24. The molecule has 0 saturated heterocycles. The average molecular weight is 222 g/mol. The first kappa shape index (κ1) is 10.6. The Morgan fingerprint density at radius 3 is 2.53 bits per heavy atom. The number of hydrogen-bond donors (Lipinski definition) is 0. The SMILES string of the molecule is CC1(C)OC(C)(C)c2sc(CC#N)nc21. The molecule has 0 fully saturated rings. The van der Waals surface area contributed by atoms with E-state index in [0.29, 0.717) is 6.42 Å². The number of ether oxygens (including phenoxy) is 1. The minimum atomic E-state index is -0.330. The number of nitrogens with zero attached hydrogens (tertiary/aromatic N) is 2. The summed E-state index contributed by atoms with van der Waals surface area (Å²) < 4.78 is 5.94. The largest absolute Gasteiger partial charge is 0.358 e. The van der Waals surface area contributed by atoms with Crippen molar-refractivity contribution in [3.05, 3.63) is 15.6 Å². The van der Waals surface area contributed by atoms with Crippen molar-refractivity contribution < 1.29 is 4.74 Å². The first-order valence-electron chi connectivity index (χ1n) is 4.94. The van der Waals surface area contributed by atoms with E-state index in [4.69, 9.17) is 10.00 Å². The predicted octanol–water partition coefficient (Wildman–Crippen LogP) is 2.71. The third-order valence-electron chi connectivity index (χ3n) is 2.53. The van der Waals surface area contributed by atoms with E-state index in [0.717, 1.165) is 15.6 Å². The van der Waals surface area contributed by atoms with Crippen LogP contribution < -0.4 is 0 Å². The molecular weight excluding hydrogens is 208 g/mol. The van der Waals surface area contributed by atoms with Crippen molar-refractivity contribution in [1.82, 2.24) is 4.98 Å². The summed E-state index contributed by atoms with van der Waals surface area (Å²) in [5.74, 6) is 0. The smallest absolute Gasteiger partial charge is 0.107 e. The van der Waals surface area contributed by atoms with Crippen LogP contribution in [0.4, 0.5) is 0 Å². The zero-order valence-corrected chi connectivity index (χ0v) is 10.2. The minimum Gasteiger partial charge on any atom is -0.358 e. The van der Waals surface area contributed by atoms with Crippen LogP contribution in [0.1, 0.15) is 43.3 Å². The monoisotopic (exact) mass is 222 g/mol. The molecule has 0 radical (unpaired) electrons. The number of fused-ring (bicyclic) bond motifs is 1. The Morgan fingerprint density at radius 2 is 2.00 bits per heavy atom. The van der Waals surface area contributed by atoms with Crippen LogP contribution in [-0.2, 0) is 22.4 Å². The fraction of sp³-hybridized carbons (Fsp3) is 0.636. The Morgan fingerprint density at radius 1 is 1.33 bits per heavy atom. The second-order valence-corrected chi connectivity index (χ2v) is 5.83. The molecule has 2 heterocycles. The summed E-state index contributed by atoms with van der Waals surface area (Å²) in [6.45, 7) is 8.15. The van der Waals surface area contributed by atoms with Crippen molar-refractivity contribution in [1.29, 1.82) is 5.26 Å². The lowest BCUT2D eigenvalue weighted by Gasteiger charge is -2.24. The van der Waals surface area contributed by atoms with Crippen molar-refractivity contribution in [3.63, 3.8) is 0 Å². The lowest BCUT2D eigenvalue weighted by molar-refractivity contribution is -0.105. The lowest BCUT2D eigenvalue weighted by atomic mass is 10.0. The number of thiazole rings is 1. The summed E-state index contributed by atoms with van der Waals surface area (Å²) in [6, 6.07) is 2.13. The van der Waals surface area contributed by atoms with Gasteiger partial charge in [-0.15, -0.1) is 11.3 Å². The Balaban J connectivity index is 2.51. The maximum Gasteiger partial charge on any atom is 0.107 e. The summed E-state index contributed by atoms with van der Waals surface area (Å²) >= 11 is 1.60. The van der Waals surface area contributed by atoms with Gasteiger partial charge in [0.1, 0.15) is 10.6 Å². The van der Waals surface area contributed by atoms with Crippen LogP contribution in [0.25, 0.3) is 0 Å². The standard InChI is InChI=1S/C11H14N2OS/c1-10(2)8-9(11(3,4)14-10)15-7(13-8)5-6-12/h5H2,1-4H3. The van der Waals surface area contributed by atoms with Gasteiger partial charge in [0.25, 0.3) is 0 Å². The Hall–Kier alpha value is -0.920. The van der Waals surface area contributed by atoms with Crippen LogP contribution >= 0.6 is 11.3 Å². The zero-order valence-electron chi connectivity index (χ0n) is 9.42. The van der Waals surface area contributed by atoms with Gasteiger partial charge in [0.05, 0.1) is 28.7 Å². The second-order valence-electron chi connectivity index (χ2n) is 4.74. The van der Waals surface area contributed by atoms with Crippen molar-refractivity contribution >= 4 is 11.3 Å². The molecule has 0 aliphatic carbocycles. The summed E-state index contributed by atoms with van der Waals surface area (Å²) in [4.78, 5) is 5.66. The van der Waals surface area contributed by atoms with Gasteiger partial charge in [0.15, 0.2) is 0 Å². The highest BCUT2D eigenvalue weighted by Crippen LogP contribution is 2.48. The molecule has 0 atom stereocenters. The number of rotatable bonds is 1. The zero-order chi connectivity index (χ0) is 11.3. The van der Waals surface area contributed by atoms with Gasteiger partial charge < -0.3 is 4.74 Å². The van der Waals surface area contributed by atoms with Crippen LogP contribution in [0.5, 0.6) is 0 Å². The van der Waals surface area contributed by atoms with Gasteiger partial charge >= 0.3 is 0 Å². The van der Waals surface area contributed by atoms with Gasteiger partial charge in [-0.05, 0) is 27.7 Å². The van der Waals surface area contributed by atoms with Gasteiger partial charge in [0.2, 0.25) is 0 Å². The molecule has 0 saturated carbocycles. The average Bonchev–Trinajstić information content (AvgIpc) is 2.53. The van der Waals surface area contributed by atoms with E-state index in [1.54, 1.807) is 11.3 Å². The van der Waals surface area contributed by atoms with E-state index in [9.17, 15) is 0 Å². The molecule has 1 aliphatic rings. The maximum atomic E-state index is 8.66. The van der Waals surface area contributed by atoms with Gasteiger partial charge in [-0.1, -0.05) is 0 Å². The quantitative estimate of drug-likeness (QED) is 0.734. The normalized spacial score (nSPS) is 21.0. The Labute approximate surface area is 93.7 Å². The number of aromatic nitrogens is 1. The van der Waals surface area contributed by atoms with E-state index in [2.05, 4.69) is 24.9 Å². The predicted molar refractivity (Wildman–Crippen MR) is 58.6 cm³/mol. The van der Waals surface area contributed by atoms with Crippen molar-refractivity contribution in [2.75, 3.05) is 0 Å². The summed E-state index contributed by atoms with van der Waals surface area (Å²) in [7, 11) is 0. The molecule has 80 valence electrons. The van der Waals surface area contributed by atoms with Crippen molar-refractivity contribution in [3.8, 4) is 6.07 Å². The van der Waals surface area contributed by atoms with Crippen molar-refractivity contribution in [2.24, 2.45) is 0 Å². The number of nitriles is 1. The molecule has 15 heavy (non-hydrogen) atoms. The molecule has 1 aromatic heterocycles.